The van der Waals surface area contributed by atoms with Crippen LogP contribution in [0.3, 0.4) is 0 Å². The molecule has 6 nitrogen and oxygen atoms in total. The van der Waals surface area contributed by atoms with Crippen LogP contribution in [0.25, 0.3) is 10.2 Å². The number of ether oxygens (including phenoxy) is 1. The van der Waals surface area contributed by atoms with Crippen molar-refractivity contribution in [3.05, 3.63) is 54.2 Å². The highest BCUT2D eigenvalue weighted by Crippen LogP contribution is 2.53. The van der Waals surface area contributed by atoms with Gasteiger partial charge in [-0.25, -0.2) is 14.9 Å². The molecule has 4 atom stereocenters. The summed E-state index contributed by atoms with van der Waals surface area (Å²) < 4.78 is 44.9. The monoisotopic (exact) mass is 457 g/mol. The number of fused-ring (bicyclic) bond motifs is 6. The molecule has 3 aromatic rings. The first-order chi connectivity index (χ1) is 15.3. The standard InChI is InChI=1S/C22H14F3N3O3S/c23-22(24,25)12-5-6-26-16(8-12)31-13-3-4-14-15(9-13)32-21(27-14)28-19(29)17-10-1-2-11(7-10)18(17)20(28)30/h1-6,8-11,17-18H,7H2/t10?,11?,17-,18+. The Morgan fingerprint density at radius 1 is 1.03 bits per heavy atom. The van der Waals surface area contributed by atoms with Gasteiger partial charge < -0.3 is 4.74 Å². The average molecular weight is 457 g/mol. The normalized spacial score (nSPS) is 26.4. The second-order valence-corrected chi connectivity index (χ2v) is 9.13. The van der Waals surface area contributed by atoms with E-state index in [1.165, 1.54) is 16.2 Å². The molecule has 1 aromatic carbocycles. The van der Waals surface area contributed by atoms with Crippen LogP contribution in [0.1, 0.15) is 12.0 Å². The van der Waals surface area contributed by atoms with Gasteiger partial charge in [0.15, 0.2) is 5.13 Å². The van der Waals surface area contributed by atoms with Crippen molar-refractivity contribution in [3.63, 3.8) is 0 Å². The van der Waals surface area contributed by atoms with Gasteiger partial charge in [-0.1, -0.05) is 23.5 Å². The van der Waals surface area contributed by atoms with Gasteiger partial charge in [0.1, 0.15) is 5.75 Å². The predicted octanol–water partition coefficient (Wildman–Crippen LogP) is 4.81. The van der Waals surface area contributed by atoms with E-state index in [4.69, 9.17) is 4.74 Å². The highest BCUT2D eigenvalue weighted by Gasteiger charge is 2.60. The Bertz CT molecular complexity index is 1290. The molecule has 1 aliphatic heterocycles. The number of rotatable bonds is 3. The molecule has 162 valence electrons. The molecule has 3 heterocycles. The van der Waals surface area contributed by atoms with Gasteiger partial charge in [0.25, 0.3) is 0 Å². The number of hydrogen-bond donors (Lipinski definition) is 0. The lowest BCUT2D eigenvalue weighted by atomic mass is 9.85. The van der Waals surface area contributed by atoms with E-state index < -0.39 is 11.7 Å². The van der Waals surface area contributed by atoms with E-state index in [0.717, 1.165) is 24.8 Å². The van der Waals surface area contributed by atoms with Crippen molar-refractivity contribution < 1.29 is 27.5 Å². The number of hydrogen-bond acceptors (Lipinski definition) is 6. The SMILES string of the molecule is O=C1[C@@H]2C3C=CC(C3)[C@@H]2C(=O)N1c1nc2ccc(Oc3cc(C(F)(F)F)ccn3)cc2s1. The zero-order valence-electron chi connectivity index (χ0n) is 16.2. The fourth-order valence-corrected chi connectivity index (χ4v) is 5.91. The molecule has 0 N–H and O–H groups in total. The van der Waals surface area contributed by atoms with Gasteiger partial charge in [0.05, 0.1) is 27.6 Å². The minimum atomic E-state index is -4.50. The van der Waals surface area contributed by atoms with Gasteiger partial charge in [-0.05, 0) is 36.5 Å². The lowest BCUT2D eigenvalue weighted by molar-refractivity contribution is -0.137. The van der Waals surface area contributed by atoms with Crippen LogP contribution in [0, 0.1) is 23.7 Å². The topological polar surface area (TPSA) is 72.4 Å². The summed E-state index contributed by atoms with van der Waals surface area (Å²) in [6.07, 6.45) is 1.45. The number of pyridine rings is 1. The van der Waals surface area contributed by atoms with Crippen LogP contribution in [0.2, 0.25) is 0 Å². The van der Waals surface area contributed by atoms with Crippen LogP contribution in [-0.4, -0.2) is 21.8 Å². The first-order valence-electron chi connectivity index (χ1n) is 9.97. The zero-order chi connectivity index (χ0) is 22.2. The third kappa shape index (κ3) is 2.85. The average Bonchev–Trinajstić information content (AvgIpc) is 3.50. The lowest BCUT2D eigenvalue weighted by Gasteiger charge is -2.14. The molecule has 2 unspecified atom stereocenters. The predicted molar refractivity (Wildman–Crippen MR) is 109 cm³/mol. The molecule has 1 saturated carbocycles. The number of allylic oxidation sites excluding steroid dienone is 2. The number of amides is 2. The minimum absolute atomic E-state index is 0.112. The van der Waals surface area contributed by atoms with Crippen molar-refractivity contribution in [2.75, 3.05) is 4.90 Å². The van der Waals surface area contributed by atoms with Gasteiger partial charge in [0.2, 0.25) is 17.7 Å². The minimum Gasteiger partial charge on any atom is -0.439 e. The Labute approximate surface area is 183 Å². The number of halogens is 3. The maximum atomic E-state index is 13.0. The number of imide groups is 1. The van der Waals surface area contributed by atoms with Crippen molar-refractivity contribution in [2.24, 2.45) is 23.7 Å². The maximum Gasteiger partial charge on any atom is 0.416 e. The second kappa shape index (κ2) is 6.61. The van der Waals surface area contributed by atoms with Crippen LogP contribution in [0.15, 0.2) is 48.7 Å². The van der Waals surface area contributed by atoms with Gasteiger partial charge >= 0.3 is 6.18 Å². The van der Waals surface area contributed by atoms with Gasteiger partial charge in [0, 0.05) is 18.3 Å². The highest BCUT2D eigenvalue weighted by molar-refractivity contribution is 7.22. The number of benzene rings is 1. The van der Waals surface area contributed by atoms with Crippen LogP contribution in [0.5, 0.6) is 11.6 Å². The summed E-state index contributed by atoms with van der Waals surface area (Å²) in [5, 5.41) is 0.304. The molecule has 0 radical (unpaired) electrons. The Kier molecular flexibility index (Phi) is 4.01. The summed E-state index contributed by atoms with van der Waals surface area (Å²) in [6.45, 7) is 0. The maximum absolute atomic E-state index is 13.0. The molecule has 0 spiro atoms. The smallest absolute Gasteiger partial charge is 0.416 e. The zero-order valence-corrected chi connectivity index (χ0v) is 17.1. The molecule has 32 heavy (non-hydrogen) atoms. The lowest BCUT2D eigenvalue weighted by Crippen LogP contribution is -2.32. The Morgan fingerprint density at radius 3 is 2.44 bits per heavy atom. The van der Waals surface area contributed by atoms with Crippen LogP contribution in [-0.2, 0) is 15.8 Å². The summed E-state index contributed by atoms with van der Waals surface area (Å²) in [4.78, 5) is 35.5. The van der Waals surface area contributed by atoms with E-state index >= 15 is 0 Å². The fourth-order valence-electron chi connectivity index (χ4n) is 4.91. The molecular weight excluding hydrogens is 443 g/mol. The Balaban J connectivity index is 1.29. The third-order valence-corrected chi connectivity index (χ3v) is 7.30. The van der Waals surface area contributed by atoms with Crippen molar-refractivity contribution in [1.82, 2.24) is 9.97 Å². The summed E-state index contributed by atoms with van der Waals surface area (Å²) in [6, 6.07) is 6.49. The number of carbonyl (C=O) groups is 2. The van der Waals surface area contributed by atoms with Crippen LogP contribution >= 0.6 is 11.3 Å². The molecule has 2 aliphatic carbocycles. The van der Waals surface area contributed by atoms with Crippen LogP contribution < -0.4 is 9.64 Å². The van der Waals surface area contributed by atoms with Crippen molar-refractivity contribution >= 4 is 38.5 Å². The number of aromatic nitrogens is 2. The summed E-state index contributed by atoms with van der Waals surface area (Å²) in [5.74, 6) is -0.726. The molecule has 2 amide bonds. The number of alkyl halides is 3. The summed E-state index contributed by atoms with van der Waals surface area (Å²) >= 11 is 1.17. The Morgan fingerprint density at radius 2 is 1.75 bits per heavy atom. The summed E-state index contributed by atoms with van der Waals surface area (Å²) in [5.41, 5.74) is -0.295. The Hall–Kier alpha value is -3.27. The molecule has 1 saturated heterocycles. The van der Waals surface area contributed by atoms with E-state index in [9.17, 15) is 22.8 Å². The highest BCUT2D eigenvalue weighted by atomic mass is 32.1. The molecule has 2 fully saturated rings. The van der Waals surface area contributed by atoms with Crippen molar-refractivity contribution in [2.45, 2.75) is 12.6 Å². The van der Waals surface area contributed by atoms with Crippen LogP contribution in [0.4, 0.5) is 18.3 Å². The molecular formula is C22H14F3N3O3S. The van der Waals surface area contributed by atoms with E-state index in [1.54, 1.807) is 18.2 Å². The largest absolute Gasteiger partial charge is 0.439 e. The molecule has 6 rings (SSSR count). The van der Waals surface area contributed by atoms with E-state index in [2.05, 4.69) is 9.97 Å². The van der Waals surface area contributed by atoms with Gasteiger partial charge in [-0.15, -0.1) is 0 Å². The molecule has 2 bridgehead atoms. The second-order valence-electron chi connectivity index (χ2n) is 8.12. The molecule has 2 aromatic heterocycles. The summed E-state index contributed by atoms with van der Waals surface area (Å²) in [7, 11) is 0. The van der Waals surface area contributed by atoms with Gasteiger partial charge in [-0.3, -0.25) is 9.59 Å². The number of thiazole rings is 1. The number of nitrogens with zero attached hydrogens (tertiary/aromatic N) is 3. The van der Waals surface area contributed by atoms with E-state index in [-0.39, 0.29) is 47.1 Å². The van der Waals surface area contributed by atoms with E-state index in [0.29, 0.717) is 15.3 Å². The van der Waals surface area contributed by atoms with Crippen molar-refractivity contribution in [1.29, 1.82) is 0 Å². The molecule has 3 aliphatic rings. The quantitative estimate of drug-likeness (QED) is 0.417. The first kappa shape index (κ1) is 19.4. The van der Waals surface area contributed by atoms with Gasteiger partial charge in [-0.2, -0.15) is 13.2 Å². The first-order valence-corrected chi connectivity index (χ1v) is 10.8. The van der Waals surface area contributed by atoms with E-state index in [1.807, 2.05) is 12.2 Å². The number of anilines is 1. The fraction of sp³-hybridized carbons (Fsp3) is 0.273. The number of carbonyl (C=O) groups excluding carboxylic acids is 2. The van der Waals surface area contributed by atoms with Crippen molar-refractivity contribution in [3.8, 4) is 11.6 Å². The third-order valence-electron chi connectivity index (χ3n) is 6.29. The molecule has 10 heteroatoms.